The van der Waals surface area contributed by atoms with Crippen LogP contribution in [-0.2, 0) is 6.18 Å². The molecule has 0 fully saturated rings. The third-order valence-electron chi connectivity index (χ3n) is 1.88. The van der Waals surface area contributed by atoms with Crippen LogP contribution in [0.15, 0.2) is 18.3 Å². The van der Waals surface area contributed by atoms with Crippen molar-refractivity contribution < 1.29 is 13.2 Å². The maximum Gasteiger partial charge on any atom is 0.453 e. The SMILES string of the molecule is NC(=S)c1cccn2nc(C(F)(F)F)nc12. The van der Waals surface area contributed by atoms with Gasteiger partial charge in [-0.15, -0.1) is 5.10 Å². The van der Waals surface area contributed by atoms with Gasteiger partial charge in [0.15, 0.2) is 5.65 Å². The zero-order valence-corrected chi connectivity index (χ0v) is 8.51. The highest BCUT2D eigenvalue weighted by Crippen LogP contribution is 2.26. The summed E-state index contributed by atoms with van der Waals surface area (Å²) in [5, 5.41) is 3.29. The number of nitrogens with two attached hydrogens (primary N) is 1. The summed E-state index contributed by atoms with van der Waals surface area (Å²) in [5.74, 6) is -1.21. The normalized spacial score (nSPS) is 11.9. The Morgan fingerprint density at radius 3 is 2.69 bits per heavy atom. The molecule has 2 rings (SSSR count). The standard InChI is InChI=1S/C8H5F3N4S/c9-8(10,11)7-13-6-4(5(12)16)2-1-3-15(6)14-7/h1-3H,(H2,12,16). The summed E-state index contributed by atoms with van der Waals surface area (Å²) >= 11 is 4.71. The highest BCUT2D eigenvalue weighted by molar-refractivity contribution is 7.80. The monoisotopic (exact) mass is 246 g/mol. The third kappa shape index (κ3) is 1.71. The van der Waals surface area contributed by atoms with E-state index in [2.05, 4.69) is 10.1 Å². The average molecular weight is 246 g/mol. The van der Waals surface area contributed by atoms with Gasteiger partial charge in [-0.1, -0.05) is 12.2 Å². The van der Waals surface area contributed by atoms with Gasteiger partial charge in [0.25, 0.3) is 5.82 Å². The predicted octanol–water partition coefficient (Wildman–Crippen LogP) is 1.38. The first-order chi connectivity index (χ1) is 7.39. The minimum absolute atomic E-state index is 0.00215. The number of fused-ring (bicyclic) bond motifs is 1. The Balaban J connectivity index is 2.71. The summed E-state index contributed by atoms with van der Waals surface area (Å²) in [7, 11) is 0. The molecule has 0 aromatic carbocycles. The molecular weight excluding hydrogens is 241 g/mol. The molecule has 0 bridgehead atoms. The number of pyridine rings is 1. The molecule has 4 nitrogen and oxygen atoms in total. The van der Waals surface area contributed by atoms with E-state index in [1.807, 2.05) is 0 Å². The van der Waals surface area contributed by atoms with Crippen molar-refractivity contribution in [2.45, 2.75) is 6.18 Å². The fourth-order valence-corrected chi connectivity index (χ4v) is 1.38. The second-order valence-corrected chi connectivity index (χ2v) is 3.43. The predicted molar refractivity (Wildman–Crippen MR) is 53.9 cm³/mol. The van der Waals surface area contributed by atoms with Crippen molar-refractivity contribution in [3.05, 3.63) is 29.7 Å². The number of nitrogens with zero attached hydrogens (tertiary/aromatic N) is 3. The van der Waals surface area contributed by atoms with Crippen LogP contribution in [0.1, 0.15) is 11.4 Å². The van der Waals surface area contributed by atoms with Gasteiger partial charge in [-0.3, -0.25) is 0 Å². The maximum atomic E-state index is 12.4. The molecule has 0 saturated carbocycles. The first-order valence-corrected chi connectivity index (χ1v) is 4.53. The van der Waals surface area contributed by atoms with Crippen LogP contribution < -0.4 is 5.73 Å². The maximum absolute atomic E-state index is 12.4. The van der Waals surface area contributed by atoms with E-state index in [0.29, 0.717) is 0 Å². The minimum Gasteiger partial charge on any atom is -0.389 e. The number of thiocarbonyl (C=S) groups is 1. The molecule has 0 atom stereocenters. The number of hydrogen-bond donors (Lipinski definition) is 1. The van der Waals surface area contributed by atoms with Crippen molar-refractivity contribution in [2.75, 3.05) is 0 Å². The Labute approximate surface area is 92.9 Å². The summed E-state index contributed by atoms with van der Waals surface area (Å²) in [4.78, 5) is 3.34. The highest BCUT2D eigenvalue weighted by Gasteiger charge is 2.36. The van der Waals surface area contributed by atoms with E-state index < -0.39 is 12.0 Å². The molecule has 84 valence electrons. The van der Waals surface area contributed by atoms with Gasteiger partial charge in [0.05, 0.1) is 5.56 Å². The van der Waals surface area contributed by atoms with Crippen LogP contribution in [0.2, 0.25) is 0 Å². The molecule has 0 aliphatic heterocycles. The van der Waals surface area contributed by atoms with Crippen molar-refractivity contribution in [1.82, 2.24) is 14.6 Å². The first kappa shape index (κ1) is 10.8. The van der Waals surface area contributed by atoms with Gasteiger partial charge in [0.2, 0.25) is 0 Å². The quantitative estimate of drug-likeness (QED) is 0.772. The van der Waals surface area contributed by atoms with Crippen LogP contribution in [-0.4, -0.2) is 19.6 Å². The van der Waals surface area contributed by atoms with E-state index in [1.165, 1.54) is 18.3 Å². The van der Waals surface area contributed by atoms with Crippen molar-refractivity contribution in [3.63, 3.8) is 0 Å². The second-order valence-electron chi connectivity index (χ2n) is 2.99. The van der Waals surface area contributed by atoms with E-state index in [0.717, 1.165) is 4.52 Å². The van der Waals surface area contributed by atoms with Crippen LogP contribution in [0.5, 0.6) is 0 Å². The van der Waals surface area contributed by atoms with Crippen LogP contribution in [0.25, 0.3) is 5.65 Å². The molecule has 0 unspecified atom stereocenters. The molecule has 0 aliphatic carbocycles. The third-order valence-corrected chi connectivity index (χ3v) is 2.10. The van der Waals surface area contributed by atoms with E-state index >= 15 is 0 Å². The zero-order valence-electron chi connectivity index (χ0n) is 7.69. The lowest BCUT2D eigenvalue weighted by Gasteiger charge is -1.98. The summed E-state index contributed by atoms with van der Waals surface area (Å²) in [6.45, 7) is 0. The molecule has 2 aromatic rings. The molecule has 0 aliphatic rings. The lowest BCUT2D eigenvalue weighted by molar-refractivity contribution is -0.144. The number of rotatable bonds is 1. The van der Waals surface area contributed by atoms with E-state index in [-0.39, 0.29) is 16.2 Å². The molecule has 0 spiro atoms. The van der Waals surface area contributed by atoms with Crippen molar-refractivity contribution in [3.8, 4) is 0 Å². The topological polar surface area (TPSA) is 56.2 Å². The molecule has 0 saturated heterocycles. The van der Waals surface area contributed by atoms with E-state index in [1.54, 1.807) is 0 Å². The molecule has 0 radical (unpaired) electrons. The fourth-order valence-electron chi connectivity index (χ4n) is 1.22. The summed E-state index contributed by atoms with van der Waals surface area (Å²) in [6, 6.07) is 2.99. The van der Waals surface area contributed by atoms with Crippen molar-refractivity contribution in [2.24, 2.45) is 5.73 Å². The van der Waals surface area contributed by atoms with Crippen LogP contribution in [0.4, 0.5) is 13.2 Å². The Morgan fingerprint density at radius 1 is 1.44 bits per heavy atom. The van der Waals surface area contributed by atoms with Gasteiger partial charge in [-0.05, 0) is 12.1 Å². The van der Waals surface area contributed by atoms with Crippen molar-refractivity contribution >= 4 is 22.9 Å². The largest absolute Gasteiger partial charge is 0.453 e. The lowest BCUT2D eigenvalue weighted by atomic mass is 10.3. The Morgan fingerprint density at radius 2 is 2.12 bits per heavy atom. The van der Waals surface area contributed by atoms with Crippen LogP contribution >= 0.6 is 12.2 Å². The summed E-state index contributed by atoms with van der Waals surface area (Å²) in [5.41, 5.74) is 5.63. The molecule has 2 N–H and O–H groups in total. The molecule has 2 heterocycles. The zero-order chi connectivity index (χ0) is 11.9. The smallest absolute Gasteiger partial charge is 0.389 e. The molecule has 8 heteroatoms. The van der Waals surface area contributed by atoms with Crippen LogP contribution in [0.3, 0.4) is 0 Å². The van der Waals surface area contributed by atoms with E-state index in [9.17, 15) is 13.2 Å². The molecular formula is C8H5F3N4S. The molecule has 0 amide bonds. The van der Waals surface area contributed by atoms with Gasteiger partial charge in [0.1, 0.15) is 4.99 Å². The first-order valence-electron chi connectivity index (χ1n) is 4.12. The van der Waals surface area contributed by atoms with Gasteiger partial charge >= 0.3 is 6.18 Å². The van der Waals surface area contributed by atoms with Crippen molar-refractivity contribution in [1.29, 1.82) is 0 Å². The molecule has 16 heavy (non-hydrogen) atoms. The summed E-state index contributed by atoms with van der Waals surface area (Å²) in [6.07, 6.45) is -3.24. The minimum atomic E-state index is -4.58. The average Bonchev–Trinajstić information content (AvgIpc) is 2.59. The number of alkyl halides is 3. The molecule has 2 aromatic heterocycles. The number of hydrogen-bond acceptors (Lipinski definition) is 3. The fraction of sp³-hybridized carbons (Fsp3) is 0.125. The van der Waals surface area contributed by atoms with Crippen LogP contribution in [0, 0.1) is 0 Å². The number of halogens is 3. The second kappa shape index (κ2) is 3.41. The number of aromatic nitrogens is 3. The van der Waals surface area contributed by atoms with Gasteiger partial charge in [-0.25, -0.2) is 9.50 Å². The summed E-state index contributed by atoms with van der Waals surface area (Å²) < 4.78 is 38.1. The highest BCUT2D eigenvalue weighted by atomic mass is 32.1. The Kier molecular flexibility index (Phi) is 2.30. The lowest BCUT2D eigenvalue weighted by Crippen LogP contribution is -2.11. The van der Waals surface area contributed by atoms with Gasteiger partial charge in [0, 0.05) is 6.20 Å². The van der Waals surface area contributed by atoms with Gasteiger partial charge in [-0.2, -0.15) is 13.2 Å². The van der Waals surface area contributed by atoms with E-state index in [4.69, 9.17) is 18.0 Å². The van der Waals surface area contributed by atoms with Gasteiger partial charge < -0.3 is 5.73 Å². The Bertz CT molecular complexity index is 560. The Hall–Kier alpha value is -1.70.